The summed E-state index contributed by atoms with van der Waals surface area (Å²) >= 11 is 0. The molecular formula is C21H26FN3O4S. The van der Waals surface area contributed by atoms with Gasteiger partial charge in [-0.3, -0.25) is 9.59 Å². The van der Waals surface area contributed by atoms with Crippen molar-refractivity contribution < 1.29 is 22.4 Å². The van der Waals surface area contributed by atoms with E-state index in [1.165, 1.54) is 6.07 Å². The van der Waals surface area contributed by atoms with Crippen molar-refractivity contribution in [3.63, 3.8) is 0 Å². The molecule has 30 heavy (non-hydrogen) atoms. The van der Waals surface area contributed by atoms with E-state index in [-0.39, 0.29) is 35.8 Å². The fraction of sp³-hybridized carbons (Fsp3) is 0.333. The highest BCUT2D eigenvalue weighted by Crippen LogP contribution is 2.22. The number of nitrogens with zero attached hydrogens (tertiary/aromatic N) is 1. The van der Waals surface area contributed by atoms with Crippen LogP contribution in [0.25, 0.3) is 0 Å². The lowest BCUT2D eigenvalue weighted by molar-refractivity contribution is 0.0954. The Morgan fingerprint density at radius 2 is 1.67 bits per heavy atom. The zero-order valence-electron chi connectivity index (χ0n) is 17.2. The Morgan fingerprint density at radius 3 is 2.30 bits per heavy atom. The maximum absolute atomic E-state index is 14.3. The molecule has 0 aliphatic carbocycles. The third-order valence-electron chi connectivity index (χ3n) is 4.47. The average molecular weight is 436 g/mol. The molecule has 0 aliphatic rings. The fourth-order valence-electron chi connectivity index (χ4n) is 2.86. The number of hydrogen-bond donors (Lipinski definition) is 2. The van der Waals surface area contributed by atoms with Crippen molar-refractivity contribution in [1.29, 1.82) is 0 Å². The second-order valence-corrected chi connectivity index (χ2v) is 8.40. The molecule has 0 unspecified atom stereocenters. The molecule has 0 aliphatic heterocycles. The van der Waals surface area contributed by atoms with E-state index in [0.29, 0.717) is 6.54 Å². The molecule has 0 saturated heterocycles. The summed E-state index contributed by atoms with van der Waals surface area (Å²) in [7, 11) is -4.08. The van der Waals surface area contributed by atoms with Crippen LogP contribution in [0.2, 0.25) is 0 Å². The van der Waals surface area contributed by atoms with Crippen LogP contribution in [0.15, 0.2) is 47.4 Å². The molecule has 7 nitrogen and oxygen atoms in total. The van der Waals surface area contributed by atoms with E-state index in [1.54, 1.807) is 38.1 Å². The molecule has 162 valence electrons. The minimum absolute atomic E-state index is 0.0362. The zero-order chi connectivity index (χ0) is 22.3. The smallest absolute Gasteiger partial charge is 0.255 e. The minimum atomic E-state index is -4.08. The maximum atomic E-state index is 14.3. The SMILES string of the molecule is CCCNC(=O)c1ccccc1NC(=O)c1ccc(F)c(S(=O)(=O)N(CC)CC)c1. The van der Waals surface area contributed by atoms with Crippen LogP contribution >= 0.6 is 0 Å². The molecule has 0 bridgehead atoms. The number of nitrogens with one attached hydrogen (secondary N) is 2. The summed E-state index contributed by atoms with van der Waals surface area (Å²) in [4.78, 5) is 24.5. The van der Waals surface area contributed by atoms with Crippen LogP contribution in [0.4, 0.5) is 10.1 Å². The van der Waals surface area contributed by atoms with Gasteiger partial charge in [-0.15, -0.1) is 0 Å². The lowest BCUT2D eigenvalue weighted by Crippen LogP contribution is -2.31. The predicted octanol–water partition coefficient (Wildman–Crippen LogP) is 3.25. The number of anilines is 1. The Bertz CT molecular complexity index is 1020. The van der Waals surface area contributed by atoms with Gasteiger partial charge in [0.15, 0.2) is 0 Å². The first-order valence-electron chi connectivity index (χ1n) is 9.74. The molecule has 0 saturated carbocycles. The summed E-state index contributed by atoms with van der Waals surface area (Å²) in [5.41, 5.74) is 0.511. The first-order valence-corrected chi connectivity index (χ1v) is 11.2. The minimum Gasteiger partial charge on any atom is -0.352 e. The van der Waals surface area contributed by atoms with E-state index in [4.69, 9.17) is 0 Å². The highest BCUT2D eigenvalue weighted by molar-refractivity contribution is 7.89. The average Bonchev–Trinajstić information content (AvgIpc) is 2.73. The van der Waals surface area contributed by atoms with Gasteiger partial charge in [-0.25, -0.2) is 12.8 Å². The lowest BCUT2D eigenvalue weighted by atomic mass is 10.1. The lowest BCUT2D eigenvalue weighted by Gasteiger charge is -2.19. The monoisotopic (exact) mass is 435 g/mol. The van der Waals surface area contributed by atoms with Crippen molar-refractivity contribution in [2.45, 2.75) is 32.1 Å². The van der Waals surface area contributed by atoms with Gasteiger partial charge < -0.3 is 10.6 Å². The Kier molecular flexibility index (Phi) is 8.08. The maximum Gasteiger partial charge on any atom is 0.255 e. The van der Waals surface area contributed by atoms with Gasteiger partial charge in [0.05, 0.1) is 11.3 Å². The van der Waals surface area contributed by atoms with Crippen LogP contribution in [-0.2, 0) is 10.0 Å². The predicted molar refractivity (Wildman–Crippen MR) is 114 cm³/mol. The van der Waals surface area contributed by atoms with Crippen LogP contribution in [0.1, 0.15) is 47.9 Å². The van der Waals surface area contributed by atoms with Crippen molar-refractivity contribution >= 4 is 27.5 Å². The third-order valence-corrected chi connectivity index (χ3v) is 6.54. The van der Waals surface area contributed by atoms with Crippen LogP contribution in [0.5, 0.6) is 0 Å². The fourth-order valence-corrected chi connectivity index (χ4v) is 4.41. The van der Waals surface area contributed by atoms with Gasteiger partial charge in [-0.05, 0) is 36.8 Å². The third kappa shape index (κ3) is 5.22. The van der Waals surface area contributed by atoms with Gasteiger partial charge >= 0.3 is 0 Å². The van der Waals surface area contributed by atoms with Gasteiger partial charge in [-0.1, -0.05) is 32.9 Å². The number of carbonyl (C=O) groups is 2. The number of benzene rings is 2. The molecule has 0 atom stereocenters. The Balaban J connectivity index is 2.35. The molecule has 9 heteroatoms. The summed E-state index contributed by atoms with van der Waals surface area (Å²) in [5.74, 6) is -1.92. The van der Waals surface area contributed by atoms with Gasteiger partial charge in [0.1, 0.15) is 10.7 Å². The number of para-hydroxylation sites is 1. The Labute approximate surface area is 176 Å². The van der Waals surface area contributed by atoms with Crippen LogP contribution in [0, 0.1) is 5.82 Å². The first-order chi connectivity index (χ1) is 14.3. The summed E-state index contributed by atoms with van der Waals surface area (Å²) in [6.45, 7) is 6.06. The van der Waals surface area contributed by atoms with E-state index in [1.807, 2.05) is 6.92 Å². The van der Waals surface area contributed by atoms with Crippen LogP contribution in [0.3, 0.4) is 0 Å². The molecule has 0 radical (unpaired) electrons. The molecule has 2 aromatic rings. The van der Waals surface area contributed by atoms with Gasteiger partial charge in [0, 0.05) is 25.2 Å². The molecule has 2 N–H and O–H groups in total. The van der Waals surface area contributed by atoms with Crippen LogP contribution < -0.4 is 10.6 Å². The molecular weight excluding hydrogens is 409 g/mol. The second-order valence-electron chi connectivity index (χ2n) is 6.49. The van der Waals surface area contributed by atoms with Crippen molar-refractivity contribution in [3.8, 4) is 0 Å². The second kappa shape index (κ2) is 10.3. The molecule has 2 aromatic carbocycles. The number of halogens is 1. The molecule has 2 rings (SSSR count). The zero-order valence-corrected chi connectivity index (χ0v) is 18.1. The highest BCUT2D eigenvalue weighted by Gasteiger charge is 2.26. The molecule has 0 heterocycles. The van der Waals surface area contributed by atoms with Crippen LogP contribution in [-0.4, -0.2) is 44.2 Å². The van der Waals surface area contributed by atoms with Gasteiger partial charge in [-0.2, -0.15) is 4.31 Å². The molecule has 0 fully saturated rings. The van der Waals surface area contributed by atoms with Crippen molar-refractivity contribution in [2.24, 2.45) is 0 Å². The topological polar surface area (TPSA) is 95.6 Å². The van der Waals surface area contributed by atoms with E-state index in [2.05, 4.69) is 10.6 Å². The van der Waals surface area contributed by atoms with Gasteiger partial charge in [0.2, 0.25) is 10.0 Å². The first kappa shape index (κ1) is 23.5. The summed E-state index contributed by atoms with van der Waals surface area (Å²) in [6, 6.07) is 9.63. The standard InChI is InChI=1S/C21H26FN3O4S/c1-4-13-23-21(27)16-9-7-8-10-18(16)24-20(26)15-11-12-17(22)19(14-15)30(28,29)25(5-2)6-3/h7-12,14H,4-6,13H2,1-3H3,(H,23,27)(H,24,26). The van der Waals surface area contributed by atoms with E-state index >= 15 is 0 Å². The van der Waals surface area contributed by atoms with Crippen molar-refractivity contribution in [1.82, 2.24) is 9.62 Å². The number of rotatable bonds is 9. The Hall–Kier alpha value is -2.78. The number of hydrogen-bond acceptors (Lipinski definition) is 4. The summed E-state index contributed by atoms with van der Waals surface area (Å²) < 4.78 is 40.8. The highest BCUT2D eigenvalue weighted by atomic mass is 32.2. The largest absolute Gasteiger partial charge is 0.352 e. The number of carbonyl (C=O) groups excluding carboxylic acids is 2. The van der Waals surface area contributed by atoms with E-state index in [0.717, 1.165) is 22.9 Å². The Morgan fingerprint density at radius 1 is 1.00 bits per heavy atom. The molecule has 0 aromatic heterocycles. The molecule has 2 amide bonds. The number of amides is 2. The van der Waals surface area contributed by atoms with Gasteiger partial charge in [0.25, 0.3) is 11.8 Å². The number of sulfonamides is 1. The normalized spacial score (nSPS) is 11.4. The summed E-state index contributed by atoms with van der Waals surface area (Å²) in [5, 5.41) is 5.35. The van der Waals surface area contributed by atoms with Crippen molar-refractivity contribution in [3.05, 3.63) is 59.4 Å². The van der Waals surface area contributed by atoms with E-state index in [9.17, 15) is 22.4 Å². The molecule has 0 spiro atoms. The summed E-state index contributed by atoms with van der Waals surface area (Å²) in [6.07, 6.45) is 0.764. The van der Waals surface area contributed by atoms with E-state index < -0.39 is 26.6 Å². The van der Waals surface area contributed by atoms with Crippen molar-refractivity contribution in [2.75, 3.05) is 25.0 Å². The quantitative estimate of drug-likeness (QED) is 0.632.